The highest BCUT2D eigenvalue weighted by molar-refractivity contribution is 5.22. The SMILES string of the molecule is CCC(C)C(c1ccccc1)C(CC1CCCCC1)NC. The molecule has 0 spiro atoms. The largest absolute Gasteiger partial charge is 0.316 e. The lowest BCUT2D eigenvalue weighted by molar-refractivity contribution is 0.256. The average molecular weight is 287 g/mol. The van der Waals surface area contributed by atoms with Gasteiger partial charge in [-0.3, -0.25) is 0 Å². The van der Waals surface area contributed by atoms with Gasteiger partial charge in [0.25, 0.3) is 0 Å². The van der Waals surface area contributed by atoms with Crippen LogP contribution in [0.25, 0.3) is 0 Å². The fourth-order valence-electron chi connectivity index (χ4n) is 4.11. The Labute approximate surface area is 131 Å². The summed E-state index contributed by atoms with van der Waals surface area (Å²) in [6.45, 7) is 4.75. The van der Waals surface area contributed by atoms with Crippen LogP contribution in [0.15, 0.2) is 30.3 Å². The van der Waals surface area contributed by atoms with Gasteiger partial charge >= 0.3 is 0 Å². The number of nitrogens with one attached hydrogen (secondary N) is 1. The molecule has 118 valence electrons. The third kappa shape index (κ3) is 4.57. The normalized spacial score (nSPS) is 20.9. The molecular formula is C20H33N. The molecule has 1 aliphatic rings. The Balaban J connectivity index is 2.12. The fraction of sp³-hybridized carbons (Fsp3) is 0.700. The zero-order valence-corrected chi connectivity index (χ0v) is 14.1. The van der Waals surface area contributed by atoms with Crippen molar-refractivity contribution < 1.29 is 0 Å². The minimum Gasteiger partial charge on any atom is -0.316 e. The lowest BCUT2D eigenvalue weighted by Gasteiger charge is -2.35. The lowest BCUT2D eigenvalue weighted by Crippen LogP contribution is -2.37. The van der Waals surface area contributed by atoms with Gasteiger partial charge in [-0.15, -0.1) is 0 Å². The molecule has 1 N–H and O–H groups in total. The lowest BCUT2D eigenvalue weighted by atomic mass is 9.75. The summed E-state index contributed by atoms with van der Waals surface area (Å²) in [7, 11) is 2.16. The zero-order chi connectivity index (χ0) is 15.1. The van der Waals surface area contributed by atoms with Crippen LogP contribution in [-0.4, -0.2) is 13.1 Å². The summed E-state index contributed by atoms with van der Waals surface area (Å²) in [5, 5.41) is 3.66. The summed E-state index contributed by atoms with van der Waals surface area (Å²) in [5.74, 6) is 2.31. The highest BCUT2D eigenvalue weighted by Crippen LogP contribution is 2.36. The molecule has 1 saturated carbocycles. The topological polar surface area (TPSA) is 12.0 Å². The molecule has 0 saturated heterocycles. The summed E-state index contributed by atoms with van der Waals surface area (Å²) in [5.41, 5.74) is 1.52. The van der Waals surface area contributed by atoms with Gasteiger partial charge < -0.3 is 5.32 Å². The molecule has 1 aromatic carbocycles. The van der Waals surface area contributed by atoms with Crippen LogP contribution in [0.5, 0.6) is 0 Å². The van der Waals surface area contributed by atoms with Crippen molar-refractivity contribution in [1.82, 2.24) is 5.32 Å². The van der Waals surface area contributed by atoms with E-state index in [2.05, 4.69) is 56.5 Å². The summed E-state index contributed by atoms with van der Waals surface area (Å²) in [6.07, 6.45) is 9.83. The Morgan fingerprint density at radius 2 is 1.76 bits per heavy atom. The molecule has 1 nitrogen and oxygen atoms in total. The molecule has 1 aromatic rings. The van der Waals surface area contributed by atoms with E-state index >= 15 is 0 Å². The Bertz CT molecular complexity index is 380. The second kappa shape index (κ2) is 8.58. The molecule has 2 rings (SSSR count). The van der Waals surface area contributed by atoms with Gasteiger partial charge in [-0.1, -0.05) is 82.7 Å². The number of hydrogen-bond acceptors (Lipinski definition) is 1. The van der Waals surface area contributed by atoms with Crippen molar-refractivity contribution in [3.63, 3.8) is 0 Å². The molecule has 1 aliphatic carbocycles. The standard InChI is InChI=1S/C20H33N/c1-4-16(2)20(18-13-9-6-10-14-18)19(21-3)15-17-11-7-5-8-12-17/h6,9-10,13-14,16-17,19-21H,4-5,7-8,11-12,15H2,1-3H3. The van der Waals surface area contributed by atoms with Crippen LogP contribution >= 0.6 is 0 Å². The van der Waals surface area contributed by atoms with Gasteiger partial charge in [0.2, 0.25) is 0 Å². The molecule has 1 fully saturated rings. The molecule has 3 atom stereocenters. The van der Waals surface area contributed by atoms with Crippen LogP contribution in [0.1, 0.15) is 70.3 Å². The molecule has 3 unspecified atom stereocenters. The van der Waals surface area contributed by atoms with E-state index < -0.39 is 0 Å². The number of benzene rings is 1. The van der Waals surface area contributed by atoms with Crippen molar-refractivity contribution in [2.45, 2.75) is 70.8 Å². The third-order valence-corrected chi connectivity index (χ3v) is 5.56. The van der Waals surface area contributed by atoms with E-state index in [4.69, 9.17) is 0 Å². The average Bonchev–Trinajstić information content (AvgIpc) is 2.56. The van der Waals surface area contributed by atoms with Crippen molar-refractivity contribution in [3.05, 3.63) is 35.9 Å². The molecule has 0 amide bonds. The maximum Gasteiger partial charge on any atom is 0.0138 e. The van der Waals surface area contributed by atoms with E-state index in [0.717, 1.165) is 11.8 Å². The minimum absolute atomic E-state index is 0.616. The zero-order valence-electron chi connectivity index (χ0n) is 14.1. The van der Waals surface area contributed by atoms with E-state index in [1.54, 1.807) is 0 Å². The predicted molar refractivity (Wildman–Crippen MR) is 92.7 cm³/mol. The molecular weight excluding hydrogens is 254 g/mol. The van der Waals surface area contributed by atoms with Gasteiger partial charge in [-0.2, -0.15) is 0 Å². The van der Waals surface area contributed by atoms with Crippen LogP contribution in [0.3, 0.4) is 0 Å². The van der Waals surface area contributed by atoms with E-state index in [0.29, 0.717) is 12.0 Å². The second-order valence-electron chi connectivity index (χ2n) is 6.96. The second-order valence-corrected chi connectivity index (χ2v) is 6.96. The van der Waals surface area contributed by atoms with Crippen molar-refractivity contribution in [1.29, 1.82) is 0 Å². The molecule has 0 aliphatic heterocycles. The number of likely N-dealkylation sites (N-methyl/N-ethyl adjacent to an activating group) is 1. The van der Waals surface area contributed by atoms with Crippen molar-refractivity contribution in [3.8, 4) is 0 Å². The van der Waals surface area contributed by atoms with E-state index in [1.807, 2.05) is 0 Å². The smallest absolute Gasteiger partial charge is 0.0138 e. The summed E-state index contributed by atoms with van der Waals surface area (Å²) in [4.78, 5) is 0. The van der Waals surface area contributed by atoms with Crippen molar-refractivity contribution in [2.75, 3.05) is 7.05 Å². The van der Waals surface area contributed by atoms with Crippen LogP contribution < -0.4 is 5.32 Å². The van der Waals surface area contributed by atoms with Gasteiger partial charge in [-0.25, -0.2) is 0 Å². The van der Waals surface area contributed by atoms with Gasteiger partial charge in [0, 0.05) is 12.0 Å². The van der Waals surface area contributed by atoms with E-state index in [-0.39, 0.29) is 0 Å². The quantitative estimate of drug-likeness (QED) is 0.710. The molecule has 0 heterocycles. The van der Waals surface area contributed by atoms with Crippen LogP contribution in [0.2, 0.25) is 0 Å². The summed E-state index contributed by atoms with van der Waals surface area (Å²) in [6, 6.07) is 11.8. The van der Waals surface area contributed by atoms with Gasteiger partial charge in [0.05, 0.1) is 0 Å². The third-order valence-electron chi connectivity index (χ3n) is 5.56. The van der Waals surface area contributed by atoms with Crippen LogP contribution in [-0.2, 0) is 0 Å². The first kappa shape index (κ1) is 16.5. The fourth-order valence-corrected chi connectivity index (χ4v) is 4.11. The van der Waals surface area contributed by atoms with Gasteiger partial charge in [0.15, 0.2) is 0 Å². The van der Waals surface area contributed by atoms with E-state index in [9.17, 15) is 0 Å². The Morgan fingerprint density at radius 3 is 2.33 bits per heavy atom. The first-order valence-corrected chi connectivity index (χ1v) is 8.98. The van der Waals surface area contributed by atoms with E-state index in [1.165, 1.54) is 50.5 Å². The van der Waals surface area contributed by atoms with Crippen molar-refractivity contribution in [2.24, 2.45) is 11.8 Å². The summed E-state index contributed by atoms with van der Waals surface area (Å²) < 4.78 is 0. The Kier molecular flexibility index (Phi) is 6.76. The van der Waals surface area contributed by atoms with Gasteiger partial charge in [-0.05, 0) is 30.9 Å². The van der Waals surface area contributed by atoms with Gasteiger partial charge in [0.1, 0.15) is 0 Å². The molecule has 1 heteroatoms. The maximum atomic E-state index is 3.66. The van der Waals surface area contributed by atoms with Crippen LogP contribution in [0.4, 0.5) is 0 Å². The first-order valence-electron chi connectivity index (χ1n) is 8.98. The highest BCUT2D eigenvalue weighted by atomic mass is 14.9. The molecule has 0 bridgehead atoms. The monoisotopic (exact) mass is 287 g/mol. The van der Waals surface area contributed by atoms with Crippen molar-refractivity contribution >= 4 is 0 Å². The highest BCUT2D eigenvalue weighted by Gasteiger charge is 2.29. The van der Waals surface area contributed by atoms with Crippen LogP contribution in [0, 0.1) is 11.8 Å². The number of rotatable bonds is 7. The molecule has 0 aromatic heterocycles. The maximum absolute atomic E-state index is 3.66. The first-order chi connectivity index (χ1) is 10.3. The summed E-state index contributed by atoms with van der Waals surface area (Å²) >= 11 is 0. The minimum atomic E-state index is 0.616. The molecule has 21 heavy (non-hydrogen) atoms. The Hall–Kier alpha value is -0.820. The number of hydrogen-bond donors (Lipinski definition) is 1. The Morgan fingerprint density at radius 1 is 1.10 bits per heavy atom. The molecule has 0 radical (unpaired) electrons. The predicted octanol–water partition coefficient (Wildman–Crippen LogP) is 5.37.